The summed E-state index contributed by atoms with van der Waals surface area (Å²) in [6, 6.07) is 50.7. The van der Waals surface area contributed by atoms with Crippen LogP contribution in [0.5, 0.6) is 0 Å². The molecule has 10 rings (SSSR count). The molecule has 268 valence electrons. The molecule has 3 aliphatic carbocycles. The van der Waals surface area contributed by atoms with Gasteiger partial charge in [0.05, 0.1) is 0 Å². The van der Waals surface area contributed by atoms with E-state index in [1.165, 1.54) is 145 Å². The van der Waals surface area contributed by atoms with Crippen molar-refractivity contribution in [3.8, 4) is 44.5 Å². The fraction of sp³-hybridized carbons (Fsp3) is 0.296. The highest BCUT2D eigenvalue weighted by Crippen LogP contribution is 2.54. The van der Waals surface area contributed by atoms with Gasteiger partial charge < -0.3 is 0 Å². The summed E-state index contributed by atoms with van der Waals surface area (Å²) in [5, 5.41) is 5.96. The Morgan fingerprint density at radius 3 is 0.944 bits per heavy atom. The summed E-state index contributed by atoms with van der Waals surface area (Å²) in [5.41, 5.74) is 17.6. The molecule has 0 radical (unpaired) electrons. The minimum Gasteiger partial charge on any atom is -0.0622 e. The van der Waals surface area contributed by atoms with Crippen molar-refractivity contribution in [1.82, 2.24) is 0 Å². The van der Waals surface area contributed by atoms with Crippen LogP contribution >= 0.6 is 0 Å². The highest BCUT2D eigenvalue weighted by atomic mass is 14.4. The molecule has 0 heterocycles. The van der Waals surface area contributed by atoms with Gasteiger partial charge in [-0.15, -0.1) is 0 Å². The van der Waals surface area contributed by atoms with E-state index in [0.717, 1.165) is 0 Å². The molecule has 0 bridgehead atoms. The van der Waals surface area contributed by atoms with Crippen LogP contribution in [0, 0.1) is 0 Å². The maximum Gasteiger partial charge on any atom is -0.00141 e. The van der Waals surface area contributed by atoms with Gasteiger partial charge >= 0.3 is 0 Å². The first-order valence-electron chi connectivity index (χ1n) is 21.2. The number of hydrogen-bond donors (Lipinski definition) is 0. The minimum absolute atomic E-state index is 0.664. The molecule has 0 atom stereocenters. The molecule has 54 heavy (non-hydrogen) atoms. The second-order valence-corrected chi connectivity index (χ2v) is 16.6. The fourth-order valence-electron chi connectivity index (χ4n) is 11.1. The Morgan fingerprint density at radius 1 is 0.296 bits per heavy atom. The van der Waals surface area contributed by atoms with Crippen molar-refractivity contribution < 1.29 is 0 Å². The topological polar surface area (TPSA) is 0 Å². The largest absolute Gasteiger partial charge is 0.0622 e. The first kappa shape index (κ1) is 33.6. The lowest BCUT2D eigenvalue weighted by atomic mass is 9.69. The Balaban J connectivity index is 1.45. The Kier molecular flexibility index (Phi) is 9.16. The van der Waals surface area contributed by atoms with Crippen LogP contribution in [-0.4, -0.2) is 0 Å². The van der Waals surface area contributed by atoms with E-state index in [0.29, 0.717) is 11.8 Å². The highest BCUT2D eigenvalue weighted by Gasteiger charge is 2.32. The molecule has 0 spiro atoms. The van der Waals surface area contributed by atoms with Crippen molar-refractivity contribution >= 4 is 21.5 Å². The van der Waals surface area contributed by atoms with E-state index in [1.54, 1.807) is 33.0 Å². The smallest absolute Gasteiger partial charge is 0.00141 e. The third kappa shape index (κ3) is 5.90. The van der Waals surface area contributed by atoms with Gasteiger partial charge in [-0.1, -0.05) is 160 Å². The lowest BCUT2D eigenvalue weighted by molar-refractivity contribution is 0.435. The number of rotatable bonds is 6. The van der Waals surface area contributed by atoms with Crippen LogP contribution in [-0.2, 0) is 12.8 Å². The first-order valence-corrected chi connectivity index (χ1v) is 21.2. The van der Waals surface area contributed by atoms with Crippen molar-refractivity contribution in [2.75, 3.05) is 0 Å². The lowest BCUT2D eigenvalue weighted by Crippen LogP contribution is -2.18. The molecule has 0 N–H and O–H groups in total. The number of fused-ring (bicyclic) bond motifs is 3. The Hall–Kier alpha value is -4.94. The Labute approximate surface area is 322 Å². The van der Waals surface area contributed by atoms with Gasteiger partial charge in [0, 0.05) is 0 Å². The minimum atomic E-state index is 0.664. The highest BCUT2D eigenvalue weighted by molar-refractivity contribution is 6.21. The molecule has 7 aromatic carbocycles. The summed E-state index contributed by atoms with van der Waals surface area (Å²) in [7, 11) is 0. The summed E-state index contributed by atoms with van der Waals surface area (Å²) in [4.78, 5) is 0. The van der Waals surface area contributed by atoms with E-state index < -0.39 is 0 Å². The van der Waals surface area contributed by atoms with Crippen LogP contribution in [0.25, 0.3) is 66.1 Å². The molecular formula is C54H52. The van der Waals surface area contributed by atoms with Crippen LogP contribution in [0.15, 0.2) is 133 Å². The predicted octanol–water partition coefficient (Wildman–Crippen LogP) is 15.6. The third-order valence-electron chi connectivity index (χ3n) is 13.4. The van der Waals surface area contributed by atoms with Crippen molar-refractivity contribution in [3.05, 3.63) is 156 Å². The van der Waals surface area contributed by atoms with Crippen molar-refractivity contribution in [2.24, 2.45) is 0 Å². The molecular weight excluding hydrogens is 649 g/mol. The van der Waals surface area contributed by atoms with Gasteiger partial charge in [-0.05, 0) is 164 Å². The van der Waals surface area contributed by atoms with Crippen molar-refractivity contribution in [3.63, 3.8) is 0 Å². The molecule has 0 aromatic heterocycles. The second-order valence-electron chi connectivity index (χ2n) is 16.6. The van der Waals surface area contributed by atoms with E-state index in [1.807, 2.05) is 0 Å². The summed E-state index contributed by atoms with van der Waals surface area (Å²) < 4.78 is 0. The Morgan fingerprint density at radius 2 is 0.611 bits per heavy atom. The van der Waals surface area contributed by atoms with Crippen LogP contribution < -0.4 is 0 Å². The molecule has 7 aromatic rings. The summed E-state index contributed by atoms with van der Waals surface area (Å²) in [6.45, 7) is 0. The van der Waals surface area contributed by atoms with Gasteiger partial charge in [0.25, 0.3) is 0 Å². The normalized spacial score (nSPS) is 16.8. The standard InChI is InChI=1S/C54H52/c1-7-21-37(22-8-1)49-43-33-19-20-34-44(43)50(38-23-9-2-10-24-38)46-36-48-47(35-45(46)49)51(39-25-11-3-12-26-39)53(41-29-15-5-16-30-41)54(42-31-17-6-18-32-42)52(48)40-27-13-4-14-28-40/h3-6,11-18,25-32,35-38H,1-2,7-10,19-24,33-34H2. The monoisotopic (exact) mass is 700 g/mol. The second kappa shape index (κ2) is 14.7. The van der Waals surface area contributed by atoms with Crippen LogP contribution in [0.2, 0.25) is 0 Å². The van der Waals surface area contributed by atoms with Crippen molar-refractivity contribution in [1.29, 1.82) is 0 Å². The molecule has 0 saturated heterocycles. The molecule has 0 unspecified atom stereocenters. The molecule has 3 aliphatic rings. The maximum absolute atomic E-state index is 2.74. The molecule has 2 fully saturated rings. The Bertz CT molecular complexity index is 2240. The number of hydrogen-bond acceptors (Lipinski definition) is 0. The van der Waals surface area contributed by atoms with Gasteiger partial charge in [-0.3, -0.25) is 0 Å². The third-order valence-corrected chi connectivity index (χ3v) is 13.4. The fourth-order valence-corrected chi connectivity index (χ4v) is 11.1. The molecule has 0 aliphatic heterocycles. The number of benzene rings is 7. The van der Waals surface area contributed by atoms with E-state index in [4.69, 9.17) is 0 Å². The molecule has 0 heteroatoms. The quantitative estimate of drug-likeness (QED) is 0.152. The van der Waals surface area contributed by atoms with Gasteiger partial charge in [0.2, 0.25) is 0 Å². The van der Waals surface area contributed by atoms with E-state index in [-0.39, 0.29) is 0 Å². The predicted molar refractivity (Wildman–Crippen MR) is 231 cm³/mol. The van der Waals surface area contributed by atoms with Crippen molar-refractivity contribution in [2.45, 2.75) is 102 Å². The van der Waals surface area contributed by atoms with Gasteiger partial charge in [0.15, 0.2) is 0 Å². The van der Waals surface area contributed by atoms with Gasteiger partial charge in [0.1, 0.15) is 0 Å². The first-order chi connectivity index (χ1) is 26.8. The molecule has 0 nitrogen and oxygen atoms in total. The van der Waals surface area contributed by atoms with Crippen LogP contribution in [0.3, 0.4) is 0 Å². The van der Waals surface area contributed by atoms with Gasteiger partial charge in [-0.25, -0.2) is 0 Å². The summed E-state index contributed by atoms with van der Waals surface area (Å²) in [5.74, 6) is 1.33. The van der Waals surface area contributed by atoms with Crippen LogP contribution in [0.1, 0.15) is 111 Å². The average molecular weight is 701 g/mol. The maximum atomic E-state index is 2.74. The molecule has 0 amide bonds. The zero-order valence-corrected chi connectivity index (χ0v) is 31.8. The zero-order chi connectivity index (χ0) is 35.8. The summed E-state index contributed by atoms with van der Waals surface area (Å²) >= 11 is 0. The van der Waals surface area contributed by atoms with E-state index in [2.05, 4.69) is 133 Å². The summed E-state index contributed by atoms with van der Waals surface area (Å²) in [6.07, 6.45) is 18.8. The van der Waals surface area contributed by atoms with Gasteiger partial charge in [-0.2, -0.15) is 0 Å². The zero-order valence-electron chi connectivity index (χ0n) is 31.8. The molecule has 2 saturated carbocycles. The lowest BCUT2D eigenvalue weighted by Gasteiger charge is -2.35. The van der Waals surface area contributed by atoms with E-state index in [9.17, 15) is 0 Å². The van der Waals surface area contributed by atoms with E-state index >= 15 is 0 Å². The van der Waals surface area contributed by atoms with Crippen LogP contribution in [0.4, 0.5) is 0 Å². The SMILES string of the molecule is c1ccc(-c2c(-c3ccccc3)c(-c3ccccc3)c3cc4c(C5CCCCC5)c5c(c(C6CCCCC6)c4cc3c2-c2ccccc2)CCCC5)cc1. The average Bonchev–Trinajstić information content (AvgIpc) is 3.26.